The molecule has 2 aromatic carbocycles. The molecule has 0 unspecified atom stereocenters. The standard InChI is InChI=1S/C19H18Cl2N4O2/c1-27-15-2-3-17-16(8-15)12(10-23-17)6-18(26)25-19(22)24-9-11-4-13(20)7-14(21)5-11/h2-5,7-8,10,23H,6,9H2,1H3,(H3,22,24,25,26). The van der Waals surface area contributed by atoms with E-state index in [1.54, 1.807) is 31.5 Å². The summed E-state index contributed by atoms with van der Waals surface area (Å²) in [5, 5.41) is 4.85. The van der Waals surface area contributed by atoms with E-state index in [-0.39, 0.29) is 18.3 Å². The van der Waals surface area contributed by atoms with Crippen LogP contribution in [0.2, 0.25) is 10.0 Å². The zero-order valence-electron chi connectivity index (χ0n) is 14.6. The van der Waals surface area contributed by atoms with Crippen LogP contribution >= 0.6 is 23.2 Å². The number of halogens is 2. The van der Waals surface area contributed by atoms with Gasteiger partial charge in [0.1, 0.15) is 5.75 Å². The van der Waals surface area contributed by atoms with Crippen molar-refractivity contribution in [3.63, 3.8) is 0 Å². The van der Waals surface area contributed by atoms with E-state index in [1.165, 1.54) is 0 Å². The Hall–Kier alpha value is -2.70. The van der Waals surface area contributed by atoms with Crippen LogP contribution in [0.5, 0.6) is 5.75 Å². The largest absolute Gasteiger partial charge is 0.497 e. The minimum atomic E-state index is -0.354. The van der Waals surface area contributed by atoms with Crippen molar-refractivity contribution in [2.75, 3.05) is 7.11 Å². The van der Waals surface area contributed by atoms with Gasteiger partial charge in [-0.2, -0.15) is 4.99 Å². The summed E-state index contributed by atoms with van der Waals surface area (Å²) in [6, 6.07) is 10.8. The second-order valence-electron chi connectivity index (χ2n) is 5.92. The molecule has 140 valence electrons. The van der Waals surface area contributed by atoms with Crippen LogP contribution in [0.3, 0.4) is 0 Å². The maximum atomic E-state index is 12.2. The number of carbonyl (C=O) groups is 1. The minimum Gasteiger partial charge on any atom is -0.497 e. The fraction of sp³-hybridized carbons (Fsp3) is 0.158. The van der Waals surface area contributed by atoms with Crippen LogP contribution in [-0.2, 0) is 17.8 Å². The van der Waals surface area contributed by atoms with Crippen LogP contribution in [0.25, 0.3) is 10.9 Å². The topological polar surface area (TPSA) is 92.5 Å². The number of nitrogens with two attached hydrogens (primary N) is 1. The number of ether oxygens (including phenoxy) is 1. The Morgan fingerprint density at radius 1 is 1.22 bits per heavy atom. The molecule has 6 nitrogen and oxygen atoms in total. The number of rotatable bonds is 5. The summed E-state index contributed by atoms with van der Waals surface area (Å²) in [7, 11) is 1.60. The highest BCUT2D eigenvalue weighted by Gasteiger charge is 2.10. The van der Waals surface area contributed by atoms with Crippen LogP contribution in [0.1, 0.15) is 11.1 Å². The average Bonchev–Trinajstić information content (AvgIpc) is 3.01. The number of aromatic amines is 1. The molecule has 0 spiro atoms. The number of guanidine groups is 1. The fourth-order valence-corrected chi connectivity index (χ4v) is 3.28. The van der Waals surface area contributed by atoms with Gasteiger partial charge in [0.05, 0.1) is 13.5 Å². The highest BCUT2D eigenvalue weighted by atomic mass is 35.5. The number of nitrogens with zero attached hydrogens (tertiary/aromatic N) is 1. The van der Waals surface area contributed by atoms with E-state index in [9.17, 15) is 4.79 Å². The number of nitrogens with one attached hydrogen (secondary N) is 2. The van der Waals surface area contributed by atoms with Gasteiger partial charge in [-0.15, -0.1) is 0 Å². The zero-order chi connectivity index (χ0) is 19.4. The van der Waals surface area contributed by atoms with Crippen LogP contribution < -0.4 is 15.8 Å². The molecule has 1 amide bonds. The molecule has 27 heavy (non-hydrogen) atoms. The molecule has 0 bridgehead atoms. The predicted molar refractivity (Wildman–Crippen MR) is 108 cm³/mol. The van der Waals surface area contributed by atoms with E-state index < -0.39 is 0 Å². The Bertz CT molecular complexity index is 994. The first-order chi connectivity index (χ1) is 12.9. The Morgan fingerprint density at radius 3 is 2.67 bits per heavy atom. The highest BCUT2D eigenvalue weighted by molar-refractivity contribution is 6.34. The normalized spacial score (nSPS) is 11.6. The lowest BCUT2D eigenvalue weighted by atomic mass is 10.1. The number of aromatic nitrogens is 1. The Kier molecular flexibility index (Phi) is 5.88. The molecule has 0 fully saturated rings. The number of hydrogen-bond donors (Lipinski definition) is 3. The van der Waals surface area contributed by atoms with Gasteiger partial charge in [0, 0.05) is 33.7 Å². The van der Waals surface area contributed by atoms with Crippen molar-refractivity contribution in [1.82, 2.24) is 10.3 Å². The van der Waals surface area contributed by atoms with Crippen molar-refractivity contribution in [1.29, 1.82) is 0 Å². The maximum absolute atomic E-state index is 12.2. The molecular weight excluding hydrogens is 387 g/mol. The predicted octanol–water partition coefficient (Wildman–Crippen LogP) is 3.66. The van der Waals surface area contributed by atoms with E-state index in [0.29, 0.717) is 16.6 Å². The molecule has 0 saturated carbocycles. The molecule has 4 N–H and O–H groups in total. The van der Waals surface area contributed by atoms with E-state index >= 15 is 0 Å². The number of hydrogen-bond acceptors (Lipinski definition) is 2. The SMILES string of the molecule is COc1ccc2[nH]cc(CC(=O)/N=C(\N)NCc3cc(Cl)cc(Cl)c3)c2c1. The average molecular weight is 405 g/mol. The van der Waals surface area contributed by atoms with Gasteiger partial charge >= 0.3 is 0 Å². The van der Waals surface area contributed by atoms with Gasteiger partial charge < -0.3 is 20.8 Å². The summed E-state index contributed by atoms with van der Waals surface area (Å²) in [6.07, 6.45) is 1.91. The highest BCUT2D eigenvalue weighted by Crippen LogP contribution is 2.24. The number of aliphatic imine (C=N–C) groups is 1. The summed E-state index contributed by atoms with van der Waals surface area (Å²) in [5.41, 5.74) is 8.39. The summed E-state index contributed by atoms with van der Waals surface area (Å²) in [5.74, 6) is 0.405. The minimum absolute atomic E-state index is 0.0357. The molecule has 0 aliphatic heterocycles. The van der Waals surface area contributed by atoms with Crippen molar-refractivity contribution >= 4 is 46.0 Å². The lowest BCUT2D eigenvalue weighted by Crippen LogP contribution is -2.32. The summed E-state index contributed by atoms with van der Waals surface area (Å²) < 4.78 is 5.23. The molecule has 0 saturated heterocycles. The second kappa shape index (κ2) is 8.33. The third kappa shape index (κ3) is 4.93. The van der Waals surface area contributed by atoms with Crippen LogP contribution in [0.4, 0.5) is 0 Å². The van der Waals surface area contributed by atoms with E-state index in [4.69, 9.17) is 33.7 Å². The Morgan fingerprint density at radius 2 is 1.96 bits per heavy atom. The van der Waals surface area contributed by atoms with Crippen LogP contribution in [0, 0.1) is 0 Å². The molecule has 8 heteroatoms. The quantitative estimate of drug-likeness (QED) is 0.446. The Balaban J connectivity index is 1.65. The lowest BCUT2D eigenvalue weighted by molar-refractivity contribution is -0.117. The molecule has 3 aromatic rings. The number of benzene rings is 2. The van der Waals surface area contributed by atoms with Crippen molar-refractivity contribution in [3.05, 3.63) is 63.8 Å². The zero-order valence-corrected chi connectivity index (χ0v) is 16.1. The summed E-state index contributed by atoms with van der Waals surface area (Å²) in [6.45, 7) is 0.354. The van der Waals surface area contributed by atoms with Gasteiger partial charge in [-0.25, -0.2) is 0 Å². The van der Waals surface area contributed by atoms with Gasteiger partial charge in [0.2, 0.25) is 0 Å². The third-order valence-electron chi connectivity index (χ3n) is 3.96. The van der Waals surface area contributed by atoms with Crippen molar-refractivity contribution in [3.8, 4) is 5.75 Å². The van der Waals surface area contributed by atoms with Gasteiger partial charge in [-0.05, 0) is 47.5 Å². The summed E-state index contributed by atoms with van der Waals surface area (Å²) in [4.78, 5) is 19.3. The van der Waals surface area contributed by atoms with Crippen molar-refractivity contribution < 1.29 is 9.53 Å². The van der Waals surface area contributed by atoms with E-state index in [0.717, 1.165) is 27.8 Å². The fourth-order valence-electron chi connectivity index (χ4n) is 2.71. The molecular formula is C19H18Cl2N4O2. The van der Waals surface area contributed by atoms with Gasteiger partial charge in [-0.3, -0.25) is 4.79 Å². The molecule has 0 aliphatic carbocycles. The molecule has 1 aromatic heterocycles. The van der Waals surface area contributed by atoms with Gasteiger partial charge in [0.15, 0.2) is 5.96 Å². The third-order valence-corrected chi connectivity index (χ3v) is 4.39. The maximum Gasteiger partial charge on any atom is 0.253 e. The van der Waals surface area contributed by atoms with Crippen LogP contribution in [-0.4, -0.2) is 24.0 Å². The molecule has 0 atom stereocenters. The smallest absolute Gasteiger partial charge is 0.253 e. The number of methoxy groups -OCH3 is 1. The van der Waals surface area contributed by atoms with Crippen molar-refractivity contribution in [2.24, 2.45) is 10.7 Å². The molecule has 0 aliphatic rings. The van der Waals surface area contributed by atoms with E-state index in [2.05, 4.69) is 15.3 Å². The van der Waals surface area contributed by atoms with Gasteiger partial charge in [0.25, 0.3) is 5.91 Å². The first-order valence-electron chi connectivity index (χ1n) is 8.14. The molecule has 0 radical (unpaired) electrons. The number of carbonyl (C=O) groups excluding carboxylic acids is 1. The second-order valence-corrected chi connectivity index (χ2v) is 6.80. The number of H-pyrrole nitrogens is 1. The Labute approximate surface area is 166 Å². The van der Waals surface area contributed by atoms with Gasteiger partial charge in [-0.1, -0.05) is 23.2 Å². The van der Waals surface area contributed by atoms with Crippen LogP contribution in [0.15, 0.2) is 47.6 Å². The lowest BCUT2D eigenvalue weighted by Gasteiger charge is -2.06. The monoisotopic (exact) mass is 404 g/mol. The first kappa shape index (κ1) is 19.1. The summed E-state index contributed by atoms with van der Waals surface area (Å²) >= 11 is 11.9. The molecule has 1 heterocycles. The van der Waals surface area contributed by atoms with Crippen molar-refractivity contribution in [2.45, 2.75) is 13.0 Å². The molecule has 3 rings (SSSR count). The van der Waals surface area contributed by atoms with E-state index in [1.807, 2.05) is 18.2 Å². The number of amides is 1. The first-order valence-corrected chi connectivity index (χ1v) is 8.90. The number of fused-ring (bicyclic) bond motifs is 1.